The summed E-state index contributed by atoms with van der Waals surface area (Å²) in [5.41, 5.74) is 0.500. The van der Waals surface area contributed by atoms with E-state index in [2.05, 4.69) is 19.2 Å². The summed E-state index contributed by atoms with van der Waals surface area (Å²) in [4.78, 5) is 0. The van der Waals surface area contributed by atoms with Crippen molar-refractivity contribution in [3.63, 3.8) is 0 Å². The lowest BCUT2D eigenvalue weighted by Crippen LogP contribution is -2.29. The fourth-order valence-electron chi connectivity index (χ4n) is 3.38. The van der Waals surface area contributed by atoms with Crippen LogP contribution in [0.15, 0.2) is 18.2 Å². The van der Waals surface area contributed by atoms with Crippen molar-refractivity contribution in [2.45, 2.75) is 52.0 Å². The van der Waals surface area contributed by atoms with Gasteiger partial charge in [-0.25, -0.2) is 8.78 Å². The minimum atomic E-state index is -0.740. The molecule has 3 unspecified atom stereocenters. The molecular formula is C17H25F2N. The molecule has 0 amide bonds. The molecule has 1 aromatic carbocycles. The first-order chi connectivity index (χ1) is 9.67. The summed E-state index contributed by atoms with van der Waals surface area (Å²) in [6.07, 6.45) is 5.62. The van der Waals surface area contributed by atoms with E-state index in [9.17, 15) is 8.78 Å². The van der Waals surface area contributed by atoms with E-state index < -0.39 is 11.6 Å². The van der Waals surface area contributed by atoms with Gasteiger partial charge in [0.25, 0.3) is 0 Å². The maximum atomic E-state index is 14.1. The van der Waals surface area contributed by atoms with Gasteiger partial charge in [0.2, 0.25) is 0 Å². The van der Waals surface area contributed by atoms with Crippen molar-refractivity contribution in [1.29, 1.82) is 0 Å². The molecule has 1 saturated carbocycles. The molecule has 0 bridgehead atoms. The fourth-order valence-corrected chi connectivity index (χ4v) is 3.38. The summed E-state index contributed by atoms with van der Waals surface area (Å²) in [5.74, 6) is -0.262. The molecule has 0 aliphatic heterocycles. The third kappa shape index (κ3) is 3.38. The van der Waals surface area contributed by atoms with E-state index in [4.69, 9.17) is 0 Å². The quantitative estimate of drug-likeness (QED) is 0.787. The summed E-state index contributed by atoms with van der Waals surface area (Å²) in [6, 6.07) is 4.48. The van der Waals surface area contributed by atoms with Gasteiger partial charge in [0.15, 0.2) is 11.6 Å². The minimum Gasteiger partial charge on any atom is -0.310 e. The highest BCUT2D eigenvalue weighted by atomic mass is 19.2. The van der Waals surface area contributed by atoms with Gasteiger partial charge in [-0.2, -0.15) is 0 Å². The molecule has 1 nitrogen and oxygen atoms in total. The van der Waals surface area contributed by atoms with Crippen molar-refractivity contribution in [3.8, 4) is 0 Å². The van der Waals surface area contributed by atoms with Gasteiger partial charge >= 0.3 is 0 Å². The summed E-state index contributed by atoms with van der Waals surface area (Å²) in [5, 5.41) is 3.43. The van der Waals surface area contributed by atoms with Gasteiger partial charge in [-0.3, -0.25) is 0 Å². The van der Waals surface area contributed by atoms with E-state index in [1.165, 1.54) is 18.9 Å². The third-order valence-electron chi connectivity index (χ3n) is 4.56. The molecule has 1 N–H and O–H groups in total. The monoisotopic (exact) mass is 281 g/mol. The second-order valence-corrected chi connectivity index (χ2v) is 5.92. The van der Waals surface area contributed by atoms with Crippen molar-refractivity contribution in [1.82, 2.24) is 5.32 Å². The SMILES string of the molecule is CCCNC(c1cccc(F)c1F)C1CCC(CC)C1. The molecular weight excluding hydrogens is 256 g/mol. The van der Waals surface area contributed by atoms with Crippen LogP contribution in [-0.4, -0.2) is 6.54 Å². The Morgan fingerprint density at radius 1 is 1.25 bits per heavy atom. The molecule has 0 heterocycles. The Kier molecular flexibility index (Phi) is 5.53. The number of nitrogens with one attached hydrogen (secondary N) is 1. The lowest BCUT2D eigenvalue weighted by molar-refractivity contribution is 0.340. The molecule has 0 saturated heterocycles. The summed E-state index contributed by atoms with van der Waals surface area (Å²) in [6.45, 7) is 5.15. The first-order valence-corrected chi connectivity index (χ1v) is 7.84. The zero-order valence-corrected chi connectivity index (χ0v) is 12.5. The van der Waals surface area contributed by atoms with Crippen molar-refractivity contribution in [2.24, 2.45) is 11.8 Å². The first-order valence-electron chi connectivity index (χ1n) is 7.84. The van der Waals surface area contributed by atoms with Crippen LogP contribution in [0.2, 0.25) is 0 Å². The van der Waals surface area contributed by atoms with Crippen LogP contribution in [0.3, 0.4) is 0 Å². The van der Waals surface area contributed by atoms with E-state index in [1.54, 1.807) is 12.1 Å². The molecule has 0 radical (unpaired) electrons. The number of hydrogen-bond acceptors (Lipinski definition) is 1. The van der Waals surface area contributed by atoms with Gasteiger partial charge in [-0.05, 0) is 43.7 Å². The van der Waals surface area contributed by atoms with Crippen molar-refractivity contribution >= 4 is 0 Å². The Balaban J connectivity index is 2.21. The second-order valence-electron chi connectivity index (χ2n) is 5.92. The molecule has 3 heteroatoms. The largest absolute Gasteiger partial charge is 0.310 e. The lowest BCUT2D eigenvalue weighted by Gasteiger charge is -2.26. The maximum Gasteiger partial charge on any atom is 0.163 e. The van der Waals surface area contributed by atoms with Gasteiger partial charge in [-0.1, -0.05) is 38.8 Å². The van der Waals surface area contributed by atoms with E-state index in [0.29, 0.717) is 11.5 Å². The lowest BCUT2D eigenvalue weighted by atomic mass is 9.90. The Morgan fingerprint density at radius 3 is 2.70 bits per heavy atom. The first kappa shape index (κ1) is 15.4. The molecule has 0 spiro atoms. The number of hydrogen-bond donors (Lipinski definition) is 1. The molecule has 3 atom stereocenters. The van der Waals surface area contributed by atoms with Gasteiger partial charge in [0, 0.05) is 11.6 Å². The Labute approximate surface area is 120 Å². The number of rotatable bonds is 6. The van der Waals surface area contributed by atoms with Gasteiger partial charge in [0.05, 0.1) is 0 Å². The summed E-state index contributed by atoms with van der Waals surface area (Å²) in [7, 11) is 0. The predicted octanol–water partition coefficient (Wildman–Crippen LogP) is 4.83. The molecule has 1 aromatic rings. The third-order valence-corrected chi connectivity index (χ3v) is 4.56. The van der Waals surface area contributed by atoms with Crippen LogP contribution in [0.25, 0.3) is 0 Å². The zero-order valence-electron chi connectivity index (χ0n) is 12.5. The molecule has 0 aromatic heterocycles. The summed E-state index contributed by atoms with van der Waals surface area (Å²) >= 11 is 0. The van der Waals surface area contributed by atoms with Crippen molar-refractivity contribution in [2.75, 3.05) is 6.54 Å². The van der Waals surface area contributed by atoms with Crippen LogP contribution in [0.5, 0.6) is 0 Å². The summed E-state index contributed by atoms with van der Waals surface area (Å²) < 4.78 is 27.6. The highest BCUT2D eigenvalue weighted by molar-refractivity contribution is 5.23. The van der Waals surface area contributed by atoms with Crippen LogP contribution in [0, 0.1) is 23.5 Å². The van der Waals surface area contributed by atoms with Crippen LogP contribution in [-0.2, 0) is 0 Å². The fraction of sp³-hybridized carbons (Fsp3) is 0.647. The molecule has 2 rings (SSSR count). The van der Waals surface area contributed by atoms with Gasteiger partial charge < -0.3 is 5.32 Å². The smallest absolute Gasteiger partial charge is 0.163 e. The average molecular weight is 281 g/mol. The molecule has 112 valence electrons. The van der Waals surface area contributed by atoms with Gasteiger partial charge in [0.1, 0.15) is 0 Å². The highest BCUT2D eigenvalue weighted by Gasteiger charge is 2.32. The number of halogens is 2. The topological polar surface area (TPSA) is 12.0 Å². The van der Waals surface area contributed by atoms with E-state index in [-0.39, 0.29) is 6.04 Å². The van der Waals surface area contributed by atoms with Crippen LogP contribution < -0.4 is 5.32 Å². The standard InChI is InChI=1S/C17H25F2N/c1-3-10-20-17(13-9-8-12(4-2)11-13)14-6-5-7-15(18)16(14)19/h5-7,12-13,17,20H,3-4,8-11H2,1-2H3. The number of benzene rings is 1. The zero-order chi connectivity index (χ0) is 14.5. The minimum absolute atomic E-state index is 0.0535. The Bertz CT molecular complexity index is 433. The Morgan fingerprint density at radius 2 is 2.05 bits per heavy atom. The van der Waals surface area contributed by atoms with Crippen molar-refractivity contribution in [3.05, 3.63) is 35.4 Å². The Hall–Kier alpha value is -0.960. The molecule has 1 aliphatic rings. The van der Waals surface area contributed by atoms with Crippen LogP contribution >= 0.6 is 0 Å². The molecule has 20 heavy (non-hydrogen) atoms. The molecule has 1 fully saturated rings. The van der Waals surface area contributed by atoms with E-state index in [0.717, 1.165) is 31.7 Å². The normalized spacial score (nSPS) is 24.0. The van der Waals surface area contributed by atoms with Crippen molar-refractivity contribution < 1.29 is 8.78 Å². The van der Waals surface area contributed by atoms with Gasteiger partial charge in [-0.15, -0.1) is 0 Å². The highest BCUT2D eigenvalue weighted by Crippen LogP contribution is 2.41. The second kappa shape index (κ2) is 7.16. The average Bonchev–Trinajstić information content (AvgIpc) is 2.92. The van der Waals surface area contributed by atoms with Crippen LogP contribution in [0.1, 0.15) is 57.6 Å². The predicted molar refractivity (Wildman–Crippen MR) is 78.5 cm³/mol. The van der Waals surface area contributed by atoms with E-state index in [1.807, 2.05) is 0 Å². The maximum absolute atomic E-state index is 14.1. The van der Waals surface area contributed by atoms with Crippen LogP contribution in [0.4, 0.5) is 8.78 Å². The molecule has 1 aliphatic carbocycles. The van der Waals surface area contributed by atoms with E-state index >= 15 is 0 Å².